The Bertz CT molecular complexity index is 927. The van der Waals surface area contributed by atoms with Gasteiger partial charge in [-0.15, -0.1) is 0 Å². The van der Waals surface area contributed by atoms with Gasteiger partial charge in [0.05, 0.1) is 12.7 Å². The second-order valence-electron chi connectivity index (χ2n) is 6.37. The van der Waals surface area contributed by atoms with Crippen LogP contribution in [0.15, 0.2) is 42.6 Å². The fourth-order valence-corrected chi connectivity index (χ4v) is 2.92. The molecule has 2 heterocycles. The molecule has 0 bridgehead atoms. The van der Waals surface area contributed by atoms with E-state index in [1.165, 1.54) is 7.11 Å². The maximum absolute atomic E-state index is 12.5. The molecule has 3 rings (SSSR count). The van der Waals surface area contributed by atoms with Crippen molar-refractivity contribution in [3.63, 3.8) is 0 Å². The standard InChI is InChI=1S/C20H21N3O3/c1-12(2)16-7-6-14(20(25)26-3)9-15(16)11-22-19(24)17-10-13-5-4-8-21-18(13)23-17/h4-10,12H,11H2,1-3H3,(H,21,23)(H,22,24). The minimum Gasteiger partial charge on any atom is -0.465 e. The summed E-state index contributed by atoms with van der Waals surface area (Å²) in [6, 6.07) is 10.9. The van der Waals surface area contributed by atoms with Crippen LogP contribution in [0.25, 0.3) is 11.0 Å². The van der Waals surface area contributed by atoms with E-state index in [4.69, 9.17) is 4.74 Å². The van der Waals surface area contributed by atoms with Crippen LogP contribution in [0.4, 0.5) is 0 Å². The first-order valence-electron chi connectivity index (χ1n) is 8.42. The molecule has 134 valence electrons. The first-order valence-corrected chi connectivity index (χ1v) is 8.42. The topological polar surface area (TPSA) is 84.1 Å². The minimum absolute atomic E-state index is 0.221. The molecule has 0 aliphatic heterocycles. The smallest absolute Gasteiger partial charge is 0.337 e. The van der Waals surface area contributed by atoms with Crippen LogP contribution >= 0.6 is 0 Å². The molecule has 6 nitrogen and oxygen atoms in total. The number of rotatable bonds is 5. The van der Waals surface area contributed by atoms with Gasteiger partial charge in [-0.1, -0.05) is 19.9 Å². The van der Waals surface area contributed by atoms with E-state index >= 15 is 0 Å². The number of pyridine rings is 1. The molecular formula is C20H21N3O3. The van der Waals surface area contributed by atoms with E-state index in [-0.39, 0.29) is 11.8 Å². The number of esters is 1. The lowest BCUT2D eigenvalue weighted by Crippen LogP contribution is -2.24. The molecular weight excluding hydrogens is 330 g/mol. The maximum Gasteiger partial charge on any atom is 0.337 e. The summed E-state index contributed by atoms with van der Waals surface area (Å²) in [5, 5.41) is 3.79. The average molecular weight is 351 g/mol. The number of H-pyrrole nitrogens is 1. The second kappa shape index (κ2) is 7.39. The van der Waals surface area contributed by atoms with Crippen LogP contribution in [0, 0.1) is 0 Å². The van der Waals surface area contributed by atoms with Gasteiger partial charge < -0.3 is 15.0 Å². The molecule has 0 saturated carbocycles. The highest BCUT2D eigenvalue weighted by atomic mass is 16.5. The highest BCUT2D eigenvalue weighted by molar-refractivity contribution is 5.97. The summed E-state index contributed by atoms with van der Waals surface area (Å²) in [7, 11) is 1.35. The number of methoxy groups -OCH3 is 1. The number of hydrogen-bond donors (Lipinski definition) is 2. The zero-order valence-corrected chi connectivity index (χ0v) is 15.0. The summed E-state index contributed by atoms with van der Waals surface area (Å²) in [4.78, 5) is 31.5. The molecule has 0 radical (unpaired) electrons. The van der Waals surface area contributed by atoms with Gasteiger partial charge in [-0.2, -0.15) is 0 Å². The first-order chi connectivity index (χ1) is 12.5. The highest BCUT2D eigenvalue weighted by Gasteiger charge is 2.14. The summed E-state index contributed by atoms with van der Waals surface area (Å²) < 4.78 is 4.78. The Labute approximate surface area is 151 Å². The lowest BCUT2D eigenvalue weighted by Gasteiger charge is -2.14. The third kappa shape index (κ3) is 3.59. The van der Waals surface area contributed by atoms with E-state index in [1.807, 2.05) is 18.2 Å². The summed E-state index contributed by atoms with van der Waals surface area (Å²) in [5.41, 5.74) is 3.57. The van der Waals surface area contributed by atoms with Crippen LogP contribution in [0.2, 0.25) is 0 Å². The lowest BCUT2D eigenvalue weighted by molar-refractivity contribution is 0.0600. The van der Waals surface area contributed by atoms with E-state index in [9.17, 15) is 9.59 Å². The van der Waals surface area contributed by atoms with Gasteiger partial charge in [0.1, 0.15) is 11.3 Å². The number of nitrogens with zero attached hydrogens (tertiary/aromatic N) is 1. The number of carbonyl (C=O) groups excluding carboxylic acids is 2. The van der Waals surface area contributed by atoms with E-state index < -0.39 is 5.97 Å². The van der Waals surface area contributed by atoms with Gasteiger partial charge in [0.25, 0.3) is 5.91 Å². The molecule has 26 heavy (non-hydrogen) atoms. The third-order valence-corrected chi connectivity index (χ3v) is 4.26. The van der Waals surface area contributed by atoms with Crippen molar-refractivity contribution in [2.24, 2.45) is 0 Å². The summed E-state index contributed by atoms with van der Waals surface area (Å²) in [6.07, 6.45) is 1.67. The predicted molar refractivity (Wildman–Crippen MR) is 99.1 cm³/mol. The number of amides is 1. The SMILES string of the molecule is COC(=O)c1ccc(C(C)C)c(CNC(=O)c2cc3cccnc3[nH]2)c1. The van der Waals surface area contributed by atoms with Crippen molar-refractivity contribution < 1.29 is 14.3 Å². The van der Waals surface area contributed by atoms with Gasteiger partial charge in [-0.25, -0.2) is 9.78 Å². The van der Waals surface area contributed by atoms with Crippen LogP contribution in [0.3, 0.4) is 0 Å². The third-order valence-electron chi connectivity index (χ3n) is 4.26. The normalized spacial score (nSPS) is 10.9. The van der Waals surface area contributed by atoms with Crippen LogP contribution in [0.1, 0.15) is 51.7 Å². The number of aromatic nitrogens is 2. The van der Waals surface area contributed by atoms with Crippen molar-refractivity contribution in [2.45, 2.75) is 26.3 Å². The largest absolute Gasteiger partial charge is 0.465 e. The van der Waals surface area contributed by atoms with E-state index in [0.29, 0.717) is 23.4 Å². The molecule has 0 aliphatic rings. The molecule has 0 atom stereocenters. The minimum atomic E-state index is -0.394. The zero-order chi connectivity index (χ0) is 18.7. The van der Waals surface area contributed by atoms with Gasteiger partial charge in [-0.3, -0.25) is 4.79 Å². The van der Waals surface area contributed by atoms with Crippen molar-refractivity contribution in [1.82, 2.24) is 15.3 Å². The molecule has 2 aromatic heterocycles. The fraction of sp³-hybridized carbons (Fsp3) is 0.250. The van der Waals surface area contributed by atoms with Crippen molar-refractivity contribution in [2.75, 3.05) is 7.11 Å². The number of hydrogen-bond acceptors (Lipinski definition) is 4. The van der Waals surface area contributed by atoms with Gasteiger partial charge in [0.2, 0.25) is 0 Å². The monoisotopic (exact) mass is 351 g/mol. The molecule has 0 unspecified atom stereocenters. The summed E-state index contributed by atoms with van der Waals surface area (Å²) in [5.74, 6) is -0.346. The number of benzene rings is 1. The Balaban J connectivity index is 1.81. The lowest BCUT2D eigenvalue weighted by atomic mass is 9.95. The zero-order valence-electron chi connectivity index (χ0n) is 15.0. The highest BCUT2D eigenvalue weighted by Crippen LogP contribution is 2.21. The quantitative estimate of drug-likeness (QED) is 0.690. The maximum atomic E-state index is 12.5. The fourth-order valence-electron chi connectivity index (χ4n) is 2.92. The van der Waals surface area contributed by atoms with Gasteiger partial charge in [-0.05, 0) is 47.4 Å². The molecule has 0 fully saturated rings. The van der Waals surface area contributed by atoms with Gasteiger partial charge >= 0.3 is 5.97 Å². The Morgan fingerprint density at radius 1 is 1.23 bits per heavy atom. The molecule has 0 aliphatic carbocycles. The number of fused-ring (bicyclic) bond motifs is 1. The van der Waals surface area contributed by atoms with Gasteiger partial charge in [0.15, 0.2) is 0 Å². The van der Waals surface area contributed by atoms with Crippen molar-refractivity contribution >= 4 is 22.9 Å². The van der Waals surface area contributed by atoms with Crippen LogP contribution in [0.5, 0.6) is 0 Å². The molecule has 0 saturated heterocycles. The number of aromatic amines is 1. The summed E-state index contributed by atoms with van der Waals surface area (Å²) in [6.45, 7) is 4.46. The Morgan fingerprint density at radius 3 is 2.73 bits per heavy atom. The van der Waals surface area contributed by atoms with E-state index in [0.717, 1.165) is 16.5 Å². The van der Waals surface area contributed by atoms with E-state index in [2.05, 4.69) is 29.1 Å². The molecule has 1 amide bonds. The summed E-state index contributed by atoms with van der Waals surface area (Å²) >= 11 is 0. The van der Waals surface area contributed by atoms with Crippen LogP contribution in [-0.2, 0) is 11.3 Å². The number of carbonyl (C=O) groups is 2. The molecule has 0 spiro atoms. The van der Waals surface area contributed by atoms with Crippen molar-refractivity contribution in [1.29, 1.82) is 0 Å². The molecule has 2 N–H and O–H groups in total. The second-order valence-corrected chi connectivity index (χ2v) is 6.37. The van der Waals surface area contributed by atoms with Crippen LogP contribution in [-0.4, -0.2) is 29.0 Å². The first kappa shape index (κ1) is 17.7. The predicted octanol–water partition coefficient (Wildman–Crippen LogP) is 3.40. The average Bonchev–Trinajstić information content (AvgIpc) is 3.09. The number of ether oxygens (including phenoxy) is 1. The van der Waals surface area contributed by atoms with Crippen LogP contribution < -0.4 is 5.32 Å². The Morgan fingerprint density at radius 2 is 2.04 bits per heavy atom. The van der Waals surface area contributed by atoms with Crippen molar-refractivity contribution in [3.05, 3.63) is 65.0 Å². The Hall–Kier alpha value is -3.15. The van der Waals surface area contributed by atoms with Crippen molar-refractivity contribution in [3.8, 4) is 0 Å². The Kier molecular flexibility index (Phi) is 5.02. The molecule has 3 aromatic rings. The number of nitrogens with one attached hydrogen (secondary N) is 2. The van der Waals surface area contributed by atoms with Gasteiger partial charge in [0, 0.05) is 18.1 Å². The molecule has 6 heteroatoms. The molecule has 1 aromatic carbocycles. The van der Waals surface area contributed by atoms with E-state index in [1.54, 1.807) is 24.4 Å².